The van der Waals surface area contributed by atoms with E-state index in [1.807, 2.05) is 54.6 Å². The fourth-order valence-corrected chi connectivity index (χ4v) is 3.71. The van der Waals surface area contributed by atoms with Gasteiger partial charge in [0.1, 0.15) is 9.88 Å². The maximum Gasteiger partial charge on any atom is 0.350 e. The fourth-order valence-electron chi connectivity index (χ4n) is 2.62. The minimum atomic E-state index is -0.620. The highest BCUT2D eigenvalue weighted by molar-refractivity contribution is 7.17. The van der Waals surface area contributed by atoms with Gasteiger partial charge in [0.05, 0.1) is 24.3 Å². The minimum Gasteiger partial charge on any atom is -0.462 e. The van der Waals surface area contributed by atoms with Crippen LogP contribution < -0.4 is 5.32 Å². The third-order valence-corrected chi connectivity index (χ3v) is 5.41. The number of rotatable bonds is 8. The van der Waals surface area contributed by atoms with Crippen molar-refractivity contribution >= 4 is 34.6 Å². The highest BCUT2D eigenvalue weighted by Crippen LogP contribution is 2.35. The summed E-state index contributed by atoms with van der Waals surface area (Å²) in [5.41, 5.74) is 3.21. The van der Waals surface area contributed by atoms with Crippen LogP contribution >= 0.6 is 22.9 Å². The molecule has 0 fully saturated rings. The quantitative estimate of drug-likeness (QED) is 0.412. The van der Waals surface area contributed by atoms with E-state index in [4.69, 9.17) is 21.3 Å². The van der Waals surface area contributed by atoms with Crippen LogP contribution in [0.25, 0.3) is 21.8 Å². The first-order valence-electron chi connectivity index (χ1n) is 8.94. The minimum absolute atomic E-state index is 0.169. The predicted molar refractivity (Wildman–Crippen MR) is 114 cm³/mol. The number of aliphatic hydroxyl groups excluding tert-OH is 1. The number of carbonyl (C=O) groups excluding carboxylic acids is 1. The second kappa shape index (κ2) is 9.68. The van der Waals surface area contributed by atoms with Gasteiger partial charge in [0.25, 0.3) is 0 Å². The van der Waals surface area contributed by atoms with Gasteiger partial charge in [-0.2, -0.15) is 0 Å². The molecule has 1 aromatic heterocycles. The van der Waals surface area contributed by atoms with Crippen molar-refractivity contribution in [2.24, 2.45) is 0 Å². The van der Waals surface area contributed by atoms with Crippen LogP contribution in [0.4, 0.5) is 5.69 Å². The molecule has 0 aliphatic heterocycles. The summed E-state index contributed by atoms with van der Waals surface area (Å²) < 4.78 is 5.22. The lowest BCUT2D eigenvalue weighted by Crippen LogP contribution is -2.20. The number of benzene rings is 2. The third kappa shape index (κ3) is 4.90. The average Bonchev–Trinajstić information content (AvgIpc) is 3.19. The number of nitrogens with one attached hydrogen (secondary N) is 1. The van der Waals surface area contributed by atoms with E-state index in [1.54, 1.807) is 6.92 Å². The number of hydrogen-bond donors (Lipinski definition) is 2. The number of halogens is 1. The predicted octanol–water partition coefficient (Wildman–Crippen LogP) is 4.67. The average molecular weight is 417 g/mol. The summed E-state index contributed by atoms with van der Waals surface area (Å²) in [6, 6.07) is 17.3. The molecule has 0 radical (unpaired) electrons. The van der Waals surface area contributed by atoms with E-state index in [-0.39, 0.29) is 11.8 Å². The molecule has 0 bridgehead atoms. The molecule has 146 valence electrons. The van der Waals surface area contributed by atoms with Gasteiger partial charge in [0.15, 0.2) is 0 Å². The zero-order valence-corrected chi connectivity index (χ0v) is 17.0. The van der Waals surface area contributed by atoms with Gasteiger partial charge in [-0.1, -0.05) is 42.5 Å². The number of aromatic nitrogens is 1. The number of nitrogens with zero attached hydrogens (tertiary/aromatic N) is 1. The van der Waals surface area contributed by atoms with Crippen LogP contribution in [0.3, 0.4) is 0 Å². The van der Waals surface area contributed by atoms with Gasteiger partial charge in [-0.15, -0.1) is 22.9 Å². The molecule has 2 aromatic carbocycles. The summed E-state index contributed by atoms with van der Waals surface area (Å²) >= 11 is 6.95. The molecule has 2 N–H and O–H groups in total. The Labute approximate surface area is 173 Å². The van der Waals surface area contributed by atoms with Crippen LogP contribution in [0.15, 0.2) is 54.6 Å². The van der Waals surface area contributed by atoms with Crippen LogP contribution in [0.2, 0.25) is 0 Å². The summed E-state index contributed by atoms with van der Waals surface area (Å²) in [6.45, 7) is 2.45. The molecule has 0 saturated heterocycles. The Hall–Kier alpha value is -2.41. The van der Waals surface area contributed by atoms with Crippen molar-refractivity contribution in [3.05, 3.63) is 59.5 Å². The van der Waals surface area contributed by atoms with Crippen molar-refractivity contribution in [1.29, 1.82) is 0 Å². The van der Waals surface area contributed by atoms with E-state index in [0.29, 0.717) is 23.7 Å². The topological polar surface area (TPSA) is 71.5 Å². The number of ether oxygens (including phenoxy) is 1. The molecule has 0 amide bonds. The third-order valence-electron chi connectivity index (χ3n) is 3.96. The molecule has 0 saturated carbocycles. The monoisotopic (exact) mass is 416 g/mol. The first-order chi connectivity index (χ1) is 13.6. The van der Waals surface area contributed by atoms with Gasteiger partial charge in [-0.25, -0.2) is 9.78 Å². The molecule has 0 aliphatic carbocycles. The van der Waals surface area contributed by atoms with Gasteiger partial charge in [0.2, 0.25) is 0 Å². The molecule has 3 aromatic rings. The van der Waals surface area contributed by atoms with Crippen LogP contribution in [0.1, 0.15) is 16.6 Å². The van der Waals surface area contributed by atoms with E-state index >= 15 is 0 Å². The van der Waals surface area contributed by atoms with Crippen LogP contribution in [0, 0.1) is 0 Å². The fraction of sp³-hybridized carbons (Fsp3) is 0.238. The molecule has 0 spiro atoms. The smallest absolute Gasteiger partial charge is 0.350 e. The molecule has 0 aliphatic rings. The summed E-state index contributed by atoms with van der Waals surface area (Å²) in [4.78, 5) is 17.7. The first-order valence-corrected chi connectivity index (χ1v) is 10.3. The normalized spacial score (nSPS) is 11.8. The molecule has 5 nitrogen and oxygen atoms in total. The van der Waals surface area contributed by atoms with Crippen molar-refractivity contribution < 1.29 is 14.6 Å². The standard InChI is InChI=1S/C21H21ClN2O3S/c1-2-27-21(26)19-18(14-7-4-3-5-8-14)24-20(28-19)15-9-6-10-16(11-15)23-13-17(25)12-22/h3-11,17,23,25H,2,12-13H2,1H3. The number of esters is 1. The second-order valence-corrected chi connectivity index (χ2v) is 7.36. The van der Waals surface area contributed by atoms with Crippen LogP contribution in [0.5, 0.6) is 0 Å². The summed E-state index contributed by atoms with van der Waals surface area (Å²) in [5.74, 6) is -0.202. The largest absolute Gasteiger partial charge is 0.462 e. The van der Waals surface area contributed by atoms with Crippen molar-refractivity contribution in [1.82, 2.24) is 4.98 Å². The molecule has 1 heterocycles. The molecular formula is C21H21ClN2O3S. The van der Waals surface area contributed by atoms with E-state index in [1.165, 1.54) is 11.3 Å². The van der Waals surface area contributed by atoms with Crippen molar-refractivity contribution in [2.45, 2.75) is 13.0 Å². The lowest BCUT2D eigenvalue weighted by molar-refractivity contribution is 0.0532. The summed E-state index contributed by atoms with van der Waals surface area (Å²) in [7, 11) is 0. The number of hydrogen-bond acceptors (Lipinski definition) is 6. The number of thiazole rings is 1. The molecule has 28 heavy (non-hydrogen) atoms. The maximum atomic E-state index is 12.5. The lowest BCUT2D eigenvalue weighted by atomic mass is 10.1. The Balaban J connectivity index is 1.95. The zero-order chi connectivity index (χ0) is 19.9. The van der Waals surface area contributed by atoms with Gasteiger partial charge in [0, 0.05) is 23.4 Å². The second-order valence-electron chi connectivity index (χ2n) is 6.05. The maximum absolute atomic E-state index is 12.5. The Bertz CT molecular complexity index is 930. The Morgan fingerprint density at radius 2 is 1.96 bits per heavy atom. The zero-order valence-electron chi connectivity index (χ0n) is 15.4. The number of anilines is 1. The molecule has 1 unspecified atom stereocenters. The Kier molecular flexibility index (Phi) is 7.03. The van der Waals surface area contributed by atoms with Gasteiger partial charge >= 0.3 is 5.97 Å². The highest BCUT2D eigenvalue weighted by Gasteiger charge is 2.21. The SMILES string of the molecule is CCOC(=O)c1sc(-c2cccc(NCC(O)CCl)c2)nc1-c1ccccc1. The van der Waals surface area contributed by atoms with Crippen molar-refractivity contribution in [3.8, 4) is 21.8 Å². The first kappa shape index (κ1) is 20.3. The number of alkyl halides is 1. The molecule has 1 atom stereocenters. The van der Waals surface area contributed by atoms with Crippen molar-refractivity contribution in [2.75, 3.05) is 24.3 Å². The summed E-state index contributed by atoms with van der Waals surface area (Å²) in [6.07, 6.45) is -0.620. The van der Waals surface area contributed by atoms with E-state index in [9.17, 15) is 9.90 Å². The highest BCUT2D eigenvalue weighted by atomic mass is 35.5. The molecule has 3 rings (SSSR count). The summed E-state index contributed by atoms with van der Waals surface area (Å²) in [5, 5.41) is 13.5. The van der Waals surface area contributed by atoms with Crippen LogP contribution in [-0.2, 0) is 4.74 Å². The van der Waals surface area contributed by atoms with E-state index < -0.39 is 6.10 Å². The molecule has 7 heteroatoms. The Morgan fingerprint density at radius 3 is 2.68 bits per heavy atom. The Morgan fingerprint density at radius 1 is 1.21 bits per heavy atom. The molecular weight excluding hydrogens is 396 g/mol. The number of aliphatic hydroxyl groups is 1. The van der Waals surface area contributed by atoms with Gasteiger partial charge in [-0.3, -0.25) is 0 Å². The van der Waals surface area contributed by atoms with Gasteiger partial charge < -0.3 is 15.2 Å². The van der Waals surface area contributed by atoms with E-state index in [2.05, 4.69) is 5.32 Å². The number of carbonyl (C=O) groups is 1. The lowest BCUT2D eigenvalue weighted by Gasteiger charge is -2.10. The van der Waals surface area contributed by atoms with E-state index in [0.717, 1.165) is 21.8 Å². The van der Waals surface area contributed by atoms with Crippen molar-refractivity contribution in [3.63, 3.8) is 0 Å². The van der Waals surface area contributed by atoms with Gasteiger partial charge in [-0.05, 0) is 19.1 Å². The van der Waals surface area contributed by atoms with Crippen LogP contribution in [-0.4, -0.2) is 41.2 Å².